The lowest BCUT2D eigenvalue weighted by atomic mass is 9.79. The van der Waals surface area contributed by atoms with E-state index < -0.39 is 8.32 Å². The Kier molecular flexibility index (Phi) is 4.85. The molecule has 0 aliphatic heterocycles. The molecule has 18 heavy (non-hydrogen) atoms. The van der Waals surface area contributed by atoms with Gasteiger partial charge in [-0.2, -0.15) is 0 Å². The van der Waals surface area contributed by atoms with Crippen molar-refractivity contribution >= 4 is 8.32 Å². The van der Waals surface area contributed by atoms with Gasteiger partial charge in [-0.1, -0.05) is 39.0 Å². The molecule has 0 saturated carbocycles. The third-order valence-corrected chi connectivity index (χ3v) is 9.67. The van der Waals surface area contributed by atoms with Crippen LogP contribution < -0.4 is 0 Å². The van der Waals surface area contributed by atoms with Crippen LogP contribution in [0.4, 0.5) is 0 Å². The Labute approximate surface area is 113 Å². The minimum atomic E-state index is -1.43. The Bertz CT molecular complexity index is 320. The van der Waals surface area contributed by atoms with Crippen LogP contribution in [0, 0.1) is 5.92 Å². The van der Waals surface area contributed by atoms with E-state index in [0.717, 1.165) is 0 Å². The largest absolute Gasteiger partial charge is 0.413 e. The topological polar surface area (TPSA) is 9.23 Å². The van der Waals surface area contributed by atoms with Crippen molar-refractivity contribution in [2.75, 3.05) is 0 Å². The van der Waals surface area contributed by atoms with Gasteiger partial charge in [0.05, 0.1) is 6.10 Å². The summed E-state index contributed by atoms with van der Waals surface area (Å²) in [5, 5.41) is 0. The molecule has 0 N–H and O–H groups in total. The molecule has 102 valence electrons. The quantitative estimate of drug-likeness (QED) is 0.630. The van der Waals surface area contributed by atoms with E-state index in [9.17, 15) is 0 Å². The second kappa shape index (κ2) is 6.20. The first-order chi connectivity index (χ1) is 8.74. The van der Waals surface area contributed by atoms with E-state index in [1.807, 2.05) is 0 Å². The summed E-state index contributed by atoms with van der Waals surface area (Å²) in [4.78, 5) is 0. The van der Waals surface area contributed by atoms with Gasteiger partial charge in [0.1, 0.15) is 0 Å². The third-order valence-electron chi connectivity index (χ3n) is 5.00. The average molecular weight is 264 g/mol. The molecule has 1 nitrogen and oxygen atoms in total. The first-order valence-electron chi connectivity index (χ1n) is 7.79. The van der Waals surface area contributed by atoms with Crippen molar-refractivity contribution in [2.45, 2.75) is 70.7 Å². The molecule has 2 aliphatic rings. The number of allylic oxidation sites excluding steroid dienone is 3. The van der Waals surface area contributed by atoms with Gasteiger partial charge in [0.15, 0.2) is 8.32 Å². The summed E-state index contributed by atoms with van der Waals surface area (Å²) >= 11 is 0. The predicted octanol–water partition coefficient (Wildman–Crippen LogP) is 5.06. The van der Waals surface area contributed by atoms with Gasteiger partial charge in [-0.3, -0.25) is 0 Å². The lowest BCUT2D eigenvalue weighted by Gasteiger charge is -2.40. The maximum Gasteiger partial charge on any atom is 0.192 e. The number of fused-ring (bicyclic) bond motifs is 1. The van der Waals surface area contributed by atoms with Gasteiger partial charge in [-0.25, -0.2) is 0 Å². The van der Waals surface area contributed by atoms with E-state index >= 15 is 0 Å². The summed E-state index contributed by atoms with van der Waals surface area (Å²) in [6.07, 6.45) is 12.6. The summed E-state index contributed by atoms with van der Waals surface area (Å²) in [6, 6.07) is 3.83. The van der Waals surface area contributed by atoms with Crippen molar-refractivity contribution in [1.29, 1.82) is 0 Å². The zero-order valence-electron chi connectivity index (χ0n) is 12.2. The van der Waals surface area contributed by atoms with Gasteiger partial charge in [0, 0.05) is 5.92 Å². The standard InChI is InChI=1S/C16H28OSi/c1-4-18(5-2,6-3)17-16-13-9-11-14-10-7-8-12-15(14)16/h7,10-11,15-16H,4-6,8-9,12-13H2,1-3H3. The van der Waals surface area contributed by atoms with Gasteiger partial charge >= 0.3 is 0 Å². The molecule has 2 heteroatoms. The first-order valence-corrected chi connectivity index (χ1v) is 10.3. The van der Waals surface area contributed by atoms with Crippen LogP contribution in [0.25, 0.3) is 0 Å². The minimum absolute atomic E-state index is 0.515. The Morgan fingerprint density at radius 3 is 2.50 bits per heavy atom. The summed E-state index contributed by atoms with van der Waals surface area (Å²) in [5.41, 5.74) is 1.56. The van der Waals surface area contributed by atoms with E-state index in [2.05, 4.69) is 39.0 Å². The smallest absolute Gasteiger partial charge is 0.192 e. The van der Waals surface area contributed by atoms with Gasteiger partial charge < -0.3 is 4.43 Å². The molecular formula is C16H28OSi. The molecule has 0 radical (unpaired) electrons. The molecule has 2 rings (SSSR count). The highest BCUT2D eigenvalue weighted by molar-refractivity contribution is 6.73. The van der Waals surface area contributed by atoms with Gasteiger partial charge in [0.2, 0.25) is 0 Å². The summed E-state index contributed by atoms with van der Waals surface area (Å²) < 4.78 is 6.76. The fraction of sp³-hybridized carbons (Fsp3) is 0.750. The maximum absolute atomic E-state index is 6.76. The van der Waals surface area contributed by atoms with Gasteiger partial charge in [0.25, 0.3) is 0 Å². The van der Waals surface area contributed by atoms with Crippen LogP contribution in [-0.2, 0) is 4.43 Å². The molecule has 0 bridgehead atoms. The van der Waals surface area contributed by atoms with Crippen molar-refractivity contribution in [3.8, 4) is 0 Å². The second-order valence-corrected chi connectivity index (χ2v) is 10.5. The van der Waals surface area contributed by atoms with Crippen LogP contribution in [0.5, 0.6) is 0 Å². The van der Waals surface area contributed by atoms with Crippen molar-refractivity contribution < 1.29 is 4.43 Å². The summed E-state index contributed by atoms with van der Waals surface area (Å²) in [6.45, 7) is 7.00. The zero-order chi connectivity index (χ0) is 13.0. The fourth-order valence-corrected chi connectivity index (χ4v) is 6.41. The van der Waals surface area contributed by atoms with E-state index in [0.29, 0.717) is 12.0 Å². The van der Waals surface area contributed by atoms with E-state index in [1.54, 1.807) is 5.57 Å². The van der Waals surface area contributed by atoms with E-state index in [4.69, 9.17) is 4.43 Å². The van der Waals surface area contributed by atoms with E-state index in [1.165, 1.54) is 43.8 Å². The lowest BCUT2D eigenvalue weighted by molar-refractivity contribution is 0.119. The molecule has 0 saturated heterocycles. The summed E-state index contributed by atoms with van der Waals surface area (Å²) in [7, 11) is -1.43. The van der Waals surface area contributed by atoms with E-state index in [-0.39, 0.29) is 0 Å². The van der Waals surface area contributed by atoms with Crippen LogP contribution in [0.15, 0.2) is 23.8 Å². The molecule has 0 aromatic rings. The molecule has 0 aromatic carbocycles. The average Bonchev–Trinajstić information content (AvgIpc) is 2.45. The number of rotatable bonds is 5. The normalized spacial score (nSPS) is 27.8. The highest BCUT2D eigenvalue weighted by Gasteiger charge is 2.36. The van der Waals surface area contributed by atoms with Crippen molar-refractivity contribution in [1.82, 2.24) is 0 Å². The Morgan fingerprint density at radius 1 is 1.11 bits per heavy atom. The zero-order valence-corrected chi connectivity index (χ0v) is 13.2. The Hall–Kier alpha value is -0.343. The maximum atomic E-state index is 6.76. The van der Waals surface area contributed by atoms with Crippen molar-refractivity contribution in [3.63, 3.8) is 0 Å². The second-order valence-electron chi connectivity index (χ2n) is 5.77. The van der Waals surface area contributed by atoms with Crippen LogP contribution in [0.2, 0.25) is 18.1 Å². The molecule has 0 heterocycles. The summed E-state index contributed by atoms with van der Waals surface area (Å²) in [5.74, 6) is 0.695. The third kappa shape index (κ3) is 2.80. The van der Waals surface area contributed by atoms with Crippen LogP contribution in [0.1, 0.15) is 46.5 Å². The minimum Gasteiger partial charge on any atom is -0.413 e. The van der Waals surface area contributed by atoms with Crippen molar-refractivity contribution in [2.24, 2.45) is 5.92 Å². The predicted molar refractivity (Wildman–Crippen MR) is 81.3 cm³/mol. The van der Waals surface area contributed by atoms with Gasteiger partial charge in [-0.05, 0) is 49.4 Å². The molecule has 2 aliphatic carbocycles. The van der Waals surface area contributed by atoms with Crippen LogP contribution in [0.3, 0.4) is 0 Å². The molecular weight excluding hydrogens is 236 g/mol. The highest BCUT2D eigenvalue weighted by Crippen LogP contribution is 2.38. The van der Waals surface area contributed by atoms with Crippen molar-refractivity contribution in [3.05, 3.63) is 23.8 Å². The molecule has 2 atom stereocenters. The highest BCUT2D eigenvalue weighted by atomic mass is 28.4. The molecule has 0 spiro atoms. The molecule has 2 unspecified atom stereocenters. The van der Waals surface area contributed by atoms with Crippen LogP contribution in [-0.4, -0.2) is 14.4 Å². The number of hydrogen-bond acceptors (Lipinski definition) is 1. The Balaban J connectivity index is 2.09. The molecule has 0 amide bonds. The Morgan fingerprint density at radius 2 is 1.83 bits per heavy atom. The first kappa shape index (κ1) is 14.1. The monoisotopic (exact) mass is 264 g/mol. The SMILES string of the molecule is CC[Si](CC)(CC)OC1CCC=C2C=CCCC21. The molecule has 0 aromatic heterocycles. The lowest BCUT2D eigenvalue weighted by Crippen LogP contribution is -2.43. The molecule has 0 fully saturated rings. The number of hydrogen-bond donors (Lipinski definition) is 0. The fourth-order valence-electron chi connectivity index (χ4n) is 3.48. The van der Waals surface area contributed by atoms with Crippen LogP contribution >= 0.6 is 0 Å². The van der Waals surface area contributed by atoms with Gasteiger partial charge in [-0.15, -0.1) is 0 Å².